The van der Waals surface area contributed by atoms with Crippen molar-refractivity contribution in [3.05, 3.63) is 64.7 Å². The van der Waals surface area contributed by atoms with E-state index in [1.54, 1.807) is 0 Å². The molecule has 2 heterocycles. The molecule has 0 saturated heterocycles. The van der Waals surface area contributed by atoms with Gasteiger partial charge in [-0.05, 0) is 53.7 Å². The van der Waals surface area contributed by atoms with Gasteiger partial charge in [0.15, 0.2) is 5.78 Å². The number of aromatic nitrogens is 2. The molecule has 4 nitrogen and oxygen atoms in total. The van der Waals surface area contributed by atoms with Crippen LogP contribution in [0, 0.1) is 31.7 Å². The normalized spacial score (nSPS) is 12.6. The van der Waals surface area contributed by atoms with Gasteiger partial charge in [0.1, 0.15) is 0 Å². The molecular weight excluding hydrogens is 613 g/mol. The molecule has 0 bridgehead atoms. The molecule has 0 amide bonds. The van der Waals surface area contributed by atoms with Crippen LogP contribution in [0.25, 0.3) is 27.9 Å². The molecule has 1 aliphatic rings. The summed E-state index contributed by atoms with van der Waals surface area (Å²) in [4.78, 5) is 21.2. The SMILES string of the molecule is CCC(CC)C(=O)/C=C(\O)C(CC)CC.Cc1[c-]c2c(nc3c4c(ccnc42)C=CC3)c(C)c1.[Ir]. The van der Waals surface area contributed by atoms with E-state index in [4.69, 9.17) is 4.98 Å². The number of allylic oxidation sites excluding steroid dienone is 3. The Morgan fingerprint density at radius 1 is 1.09 bits per heavy atom. The summed E-state index contributed by atoms with van der Waals surface area (Å²) in [6, 6.07) is 7.62. The monoisotopic (exact) mass is 650 g/mol. The minimum Gasteiger partial charge on any atom is -0.512 e. The maximum absolute atomic E-state index is 11.7. The zero-order chi connectivity index (χ0) is 24.8. The van der Waals surface area contributed by atoms with Gasteiger partial charge in [-0.1, -0.05) is 59.1 Å². The molecule has 35 heavy (non-hydrogen) atoms. The molecule has 1 aliphatic carbocycles. The van der Waals surface area contributed by atoms with Crippen molar-refractivity contribution in [3.8, 4) is 0 Å². The first kappa shape index (κ1) is 28.9. The number of carbonyl (C=O) groups excluding carboxylic acids is 1. The third-order valence-corrected chi connectivity index (χ3v) is 6.81. The summed E-state index contributed by atoms with van der Waals surface area (Å²) in [5.41, 5.74) is 6.76. The number of hydrogen-bond acceptors (Lipinski definition) is 4. The van der Waals surface area contributed by atoms with E-state index in [2.05, 4.69) is 49.2 Å². The van der Waals surface area contributed by atoms with Crippen molar-refractivity contribution >= 4 is 33.7 Å². The average Bonchev–Trinajstić information content (AvgIpc) is 2.82. The summed E-state index contributed by atoms with van der Waals surface area (Å²) in [7, 11) is 0. The van der Waals surface area contributed by atoms with E-state index in [9.17, 15) is 9.90 Å². The summed E-state index contributed by atoms with van der Waals surface area (Å²) in [5, 5.41) is 12.0. The molecule has 2 aromatic heterocycles. The molecule has 189 valence electrons. The first-order valence-electron chi connectivity index (χ1n) is 12.6. The van der Waals surface area contributed by atoms with Crippen molar-refractivity contribution in [2.24, 2.45) is 11.8 Å². The Morgan fingerprint density at radius 2 is 1.74 bits per heavy atom. The zero-order valence-corrected chi connectivity index (χ0v) is 24.1. The Balaban J connectivity index is 0.000000249. The zero-order valence-electron chi connectivity index (χ0n) is 21.7. The number of nitrogens with zero attached hydrogens (tertiary/aromatic N) is 2. The number of aryl methyl sites for hydroxylation is 2. The number of ketones is 1. The predicted octanol–water partition coefficient (Wildman–Crippen LogP) is 7.64. The fourth-order valence-electron chi connectivity index (χ4n) is 4.72. The maximum Gasteiger partial charge on any atom is 0.162 e. The van der Waals surface area contributed by atoms with Gasteiger partial charge in [0.2, 0.25) is 0 Å². The molecule has 0 spiro atoms. The predicted molar refractivity (Wildman–Crippen MR) is 142 cm³/mol. The number of benzene rings is 1. The van der Waals surface area contributed by atoms with Crippen molar-refractivity contribution in [3.63, 3.8) is 0 Å². The van der Waals surface area contributed by atoms with E-state index in [1.807, 2.05) is 33.9 Å². The van der Waals surface area contributed by atoms with Crippen LogP contribution in [-0.4, -0.2) is 20.9 Å². The van der Waals surface area contributed by atoms with Gasteiger partial charge in [-0.3, -0.25) is 4.79 Å². The molecule has 1 radical (unpaired) electrons. The number of aliphatic hydroxyl groups is 1. The third-order valence-electron chi connectivity index (χ3n) is 6.81. The standard InChI is InChI=1S/C17H13N2.C13H24O2.Ir/c1-10-8-11(2)16-13(9-10)17-15-12(6-7-18-17)4-3-5-14(15)19-16;1-5-10(6-2)12(14)9-13(15)11(7-3)8-4;/h3-4,6-8H,5H2,1-2H3;9-11,14H,5-8H2,1-4H3;/q-1;;/b;12-9-;. The molecule has 0 fully saturated rings. The second-order valence-corrected chi connectivity index (χ2v) is 9.15. The summed E-state index contributed by atoms with van der Waals surface area (Å²) >= 11 is 0. The Kier molecular flexibility index (Phi) is 10.8. The van der Waals surface area contributed by atoms with Crippen molar-refractivity contribution < 1.29 is 30.0 Å². The largest absolute Gasteiger partial charge is 0.512 e. The van der Waals surface area contributed by atoms with E-state index in [1.165, 1.54) is 22.6 Å². The second-order valence-electron chi connectivity index (χ2n) is 9.15. The Hall–Kier alpha value is -2.36. The molecule has 5 heteroatoms. The van der Waals surface area contributed by atoms with Gasteiger partial charge in [-0.2, -0.15) is 0 Å². The van der Waals surface area contributed by atoms with E-state index in [0.29, 0.717) is 0 Å². The maximum atomic E-state index is 11.7. The molecule has 0 saturated carbocycles. The van der Waals surface area contributed by atoms with Crippen molar-refractivity contribution in [2.75, 3.05) is 0 Å². The Morgan fingerprint density at radius 3 is 2.37 bits per heavy atom. The summed E-state index contributed by atoms with van der Waals surface area (Å²) in [6.07, 6.45) is 12.0. The van der Waals surface area contributed by atoms with Crippen molar-refractivity contribution in [1.29, 1.82) is 0 Å². The number of carbonyl (C=O) groups is 1. The van der Waals surface area contributed by atoms with Crippen molar-refractivity contribution in [2.45, 2.75) is 73.6 Å². The van der Waals surface area contributed by atoms with Gasteiger partial charge in [0.05, 0.1) is 5.76 Å². The number of hydrogen-bond donors (Lipinski definition) is 1. The van der Waals surface area contributed by atoms with E-state index in [-0.39, 0.29) is 43.5 Å². The summed E-state index contributed by atoms with van der Waals surface area (Å²) in [6.45, 7) is 12.3. The molecule has 4 rings (SSSR count). The van der Waals surface area contributed by atoms with Crippen LogP contribution in [0.2, 0.25) is 0 Å². The fraction of sp³-hybridized carbons (Fsp3) is 0.433. The quantitative estimate of drug-likeness (QED) is 0.124. The number of pyridine rings is 2. The number of aliphatic hydroxyl groups excluding tert-OH is 1. The Labute approximate surface area is 223 Å². The average molecular weight is 650 g/mol. The van der Waals surface area contributed by atoms with Crippen LogP contribution < -0.4 is 0 Å². The third kappa shape index (κ3) is 6.45. The van der Waals surface area contributed by atoms with Gasteiger partial charge < -0.3 is 15.1 Å². The Bertz CT molecular complexity index is 1240. The fourth-order valence-corrected chi connectivity index (χ4v) is 4.72. The van der Waals surface area contributed by atoms with Crippen LogP contribution in [0.15, 0.2) is 36.2 Å². The van der Waals surface area contributed by atoms with Crippen LogP contribution in [0.1, 0.15) is 75.8 Å². The van der Waals surface area contributed by atoms with Crippen LogP contribution in [0.4, 0.5) is 0 Å². The van der Waals surface area contributed by atoms with Gasteiger partial charge in [0, 0.05) is 56.3 Å². The minimum absolute atomic E-state index is 0. The first-order chi connectivity index (χ1) is 16.3. The van der Waals surface area contributed by atoms with E-state index in [0.717, 1.165) is 59.8 Å². The molecule has 0 atom stereocenters. The van der Waals surface area contributed by atoms with Crippen LogP contribution in [0.3, 0.4) is 0 Å². The van der Waals surface area contributed by atoms with Gasteiger partial charge >= 0.3 is 0 Å². The molecule has 1 N–H and O–H groups in total. The summed E-state index contributed by atoms with van der Waals surface area (Å²) in [5.74, 6) is 0.547. The molecule has 3 aromatic rings. The second kappa shape index (κ2) is 13.1. The molecule has 1 aromatic carbocycles. The molecular formula is C30H37IrN2O2-. The number of fused-ring (bicyclic) bond motifs is 2. The van der Waals surface area contributed by atoms with E-state index >= 15 is 0 Å². The van der Waals surface area contributed by atoms with E-state index < -0.39 is 0 Å². The van der Waals surface area contributed by atoms with Gasteiger partial charge in [-0.15, -0.1) is 23.3 Å². The molecule has 0 unspecified atom stereocenters. The summed E-state index contributed by atoms with van der Waals surface area (Å²) < 4.78 is 0. The smallest absolute Gasteiger partial charge is 0.162 e. The van der Waals surface area contributed by atoms with Crippen LogP contribution in [-0.2, 0) is 31.3 Å². The molecule has 0 aliphatic heterocycles. The van der Waals surface area contributed by atoms with Gasteiger partial charge in [-0.25, -0.2) is 0 Å². The first-order valence-corrected chi connectivity index (χ1v) is 12.6. The van der Waals surface area contributed by atoms with Crippen molar-refractivity contribution in [1.82, 2.24) is 9.97 Å². The minimum atomic E-state index is 0. The van der Waals surface area contributed by atoms with Crippen LogP contribution in [0.5, 0.6) is 0 Å². The van der Waals surface area contributed by atoms with Gasteiger partial charge in [0.25, 0.3) is 0 Å². The van der Waals surface area contributed by atoms with Crippen LogP contribution >= 0.6 is 0 Å². The number of rotatable bonds is 7. The topological polar surface area (TPSA) is 63.1 Å².